The summed E-state index contributed by atoms with van der Waals surface area (Å²) >= 11 is 0. The SMILES string of the molecule is Cc1cccc(OC(F)F)c1NC(=O)NC1CCCCC1C. The molecule has 1 fully saturated rings. The van der Waals surface area contributed by atoms with E-state index in [1.807, 2.05) is 0 Å². The zero-order valence-corrected chi connectivity index (χ0v) is 12.9. The predicted octanol–water partition coefficient (Wildman–Crippen LogP) is 4.30. The molecule has 1 aromatic rings. The number of para-hydroxylation sites is 1. The minimum Gasteiger partial charge on any atom is -0.433 e. The van der Waals surface area contributed by atoms with Gasteiger partial charge in [-0.1, -0.05) is 31.9 Å². The Labute approximate surface area is 129 Å². The molecule has 2 N–H and O–H groups in total. The fraction of sp³-hybridized carbons (Fsp3) is 0.562. The lowest BCUT2D eigenvalue weighted by Gasteiger charge is -2.29. The third-order valence-electron chi connectivity index (χ3n) is 4.12. The maximum absolute atomic E-state index is 12.4. The van der Waals surface area contributed by atoms with Crippen molar-refractivity contribution in [2.24, 2.45) is 5.92 Å². The number of hydrogen-bond acceptors (Lipinski definition) is 2. The molecule has 1 aromatic carbocycles. The molecule has 0 saturated heterocycles. The molecule has 1 saturated carbocycles. The van der Waals surface area contributed by atoms with Crippen LogP contribution in [0.4, 0.5) is 19.3 Å². The Bertz CT molecular complexity index is 523. The van der Waals surface area contributed by atoms with E-state index in [4.69, 9.17) is 0 Å². The van der Waals surface area contributed by atoms with Gasteiger partial charge in [-0.15, -0.1) is 0 Å². The molecule has 0 radical (unpaired) electrons. The fourth-order valence-electron chi connectivity index (χ4n) is 2.84. The standard InChI is InChI=1S/C16H22F2N2O2/c1-10-6-3-4-8-12(10)19-16(21)20-14-11(2)7-5-9-13(14)22-15(17)18/h5,7,9-10,12,15H,3-4,6,8H2,1-2H3,(H2,19,20,21). The second-order valence-corrected chi connectivity index (χ2v) is 5.79. The summed E-state index contributed by atoms with van der Waals surface area (Å²) in [6, 6.07) is 4.50. The van der Waals surface area contributed by atoms with Crippen molar-refractivity contribution < 1.29 is 18.3 Å². The molecule has 0 spiro atoms. The Morgan fingerprint density at radius 1 is 1.32 bits per heavy atom. The molecule has 4 nitrogen and oxygen atoms in total. The lowest BCUT2D eigenvalue weighted by Crippen LogP contribution is -2.43. The lowest BCUT2D eigenvalue weighted by molar-refractivity contribution is -0.0493. The van der Waals surface area contributed by atoms with E-state index in [1.165, 1.54) is 12.5 Å². The molecule has 0 aromatic heterocycles. The molecule has 2 unspecified atom stereocenters. The monoisotopic (exact) mass is 312 g/mol. The van der Waals surface area contributed by atoms with Crippen molar-refractivity contribution in [3.05, 3.63) is 23.8 Å². The normalized spacial score (nSPS) is 21.5. The van der Waals surface area contributed by atoms with Crippen molar-refractivity contribution in [1.82, 2.24) is 5.32 Å². The van der Waals surface area contributed by atoms with Gasteiger partial charge < -0.3 is 15.4 Å². The zero-order chi connectivity index (χ0) is 16.1. The number of urea groups is 1. The van der Waals surface area contributed by atoms with Crippen LogP contribution in [0, 0.1) is 12.8 Å². The maximum Gasteiger partial charge on any atom is 0.387 e. The Morgan fingerprint density at radius 2 is 2.05 bits per heavy atom. The molecule has 2 atom stereocenters. The highest BCUT2D eigenvalue weighted by Crippen LogP contribution is 2.30. The lowest BCUT2D eigenvalue weighted by atomic mass is 9.86. The second-order valence-electron chi connectivity index (χ2n) is 5.79. The number of amides is 2. The van der Waals surface area contributed by atoms with Crippen LogP contribution in [0.15, 0.2) is 18.2 Å². The van der Waals surface area contributed by atoms with Crippen LogP contribution in [0.5, 0.6) is 5.75 Å². The molecule has 122 valence electrons. The number of halogens is 2. The maximum atomic E-state index is 12.4. The predicted molar refractivity (Wildman–Crippen MR) is 81.4 cm³/mol. The molecular formula is C16H22F2N2O2. The van der Waals surface area contributed by atoms with Gasteiger partial charge in [0, 0.05) is 6.04 Å². The van der Waals surface area contributed by atoms with Gasteiger partial charge in [0.25, 0.3) is 0 Å². The van der Waals surface area contributed by atoms with Gasteiger partial charge in [-0.3, -0.25) is 0 Å². The summed E-state index contributed by atoms with van der Waals surface area (Å²) in [5, 5.41) is 5.58. The fourth-order valence-corrected chi connectivity index (χ4v) is 2.84. The summed E-state index contributed by atoms with van der Waals surface area (Å²) in [7, 11) is 0. The third-order valence-corrected chi connectivity index (χ3v) is 4.12. The minimum atomic E-state index is -2.93. The van der Waals surface area contributed by atoms with E-state index >= 15 is 0 Å². The molecule has 22 heavy (non-hydrogen) atoms. The quantitative estimate of drug-likeness (QED) is 0.871. The molecule has 1 aliphatic rings. The average Bonchev–Trinajstić information content (AvgIpc) is 2.45. The van der Waals surface area contributed by atoms with E-state index < -0.39 is 6.61 Å². The van der Waals surface area contributed by atoms with Crippen LogP contribution in [0.25, 0.3) is 0 Å². The highest BCUT2D eigenvalue weighted by atomic mass is 19.3. The number of benzene rings is 1. The van der Waals surface area contributed by atoms with E-state index in [-0.39, 0.29) is 23.5 Å². The smallest absolute Gasteiger partial charge is 0.387 e. The number of aryl methyl sites for hydroxylation is 1. The van der Waals surface area contributed by atoms with Crippen molar-refractivity contribution in [2.45, 2.75) is 52.2 Å². The molecule has 2 amide bonds. The molecule has 6 heteroatoms. The van der Waals surface area contributed by atoms with Gasteiger partial charge in [0.2, 0.25) is 0 Å². The summed E-state index contributed by atoms with van der Waals surface area (Å²) in [4.78, 5) is 12.2. The van der Waals surface area contributed by atoms with Gasteiger partial charge in [0.1, 0.15) is 5.75 Å². The van der Waals surface area contributed by atoms with Crippen LogP contribution in [0.2, 0.25) is 0 Å². The summed E-state index contributed by atoms with van der Waals surface area (Å²) in [5.41, 5.74) is 0.953. The number of alkyl halides is 2. The largest absolute Gasteiger partial charge is 0.433 e. The van der Waals surface area contributed by atoms with Gasteiger partial charge in [-0.05, 0) is 37.3 Å². The van der Waals surface area contributed by atoms with Gasteiger partial charge in [-0.25, -0.2) is 4.79 Å². The highest BCUT2D eigenvalue weighted by Gasteiger charge is 2.23. The number of hydrogen-bond donors (Lipinski definition) is 2. The van der Waals surface area contributed by atoms with E-state index in [9.17, 15) is 13.6 Å². The first-order valence-electron chi connectivity index (χ1n) is 7.59. The Kier molecular flexibility index (Phi) is 5.57. The molecule has 0 aliphatic heterocycles. The molecule has 1 aliphatic carbocycles. The highest BCUT2D eigenvalue weighted by molar-refractivity contribution is 5.92. The van der Waals surface area contributed by atoms with Crippen LogP contribution < -0.4 is 15.4 Å². The number of carbonyl (C=O) groups is 1. The van der Waals surface area contributed by atoms with Gasteiger partial charge in [0.05, 0.1) is 5.69 Å². The second kappa shape index (κ2) is 7.42. The number of rotatable bonds is 4. The van der Waals surface area contributed by atoms with E-state index in [1.54, 1.807) is 19.1 Å². The number of anilines is 1. The van der Waals surface area contributed by atoms with Crippen LogP contribution in [-0.2, 0) is 0 Å². The van der Waals surface area contributed by atoms with Crippen molar-refractivity contribution in [3.63, 3.8) is 0 Å². The number of ether oxygens (including phenoxy) is 1. The van der Waals surface area contributed by atoms with E-state index in [2.05, 4.69) is 22.3 Å². The number of carbonyl (C=O) groups excluding carboxylic acids is 1. The molecule has 2 rings (SSSR count). The summed E-state index contributed by atoms with van der Waals surface area (Å²) < 4.78 is 29.3. The van der Waals surface area contributed by atoms with Crippen molar-refractivity contribution >= 4 is 11.7 Å². The Morgan fingerprint density at radius 3 is 2.73 bits per heavy atom. The van der Waals surface area contributed by atoms with Crippen molar-refractivity contribution in [3.8, 4) is 5.75 Å². The van der Waals surface area contributed by atoms with Crippen LogP contribution >= 0.6 is 0 Å². The average molecular weight is 312 g/mol. The molecule has 0 heterocycles. The van der Waals surface area contributed by atoms with Crippen LogP contribution in [-0.4, -0.2) is 18.7 Å². The number of nitrogens with one attached hydrogen (secondary N) is 2. The van der Waals surface area contributed by atoms with Gasteiger partial charge >= 0.3 is 12.6 Å². The van der Waals surface area contributed by atoms with Gasteiger partial charge in [-0.2, -0.15) is 8.78 Å². The third kappa shape index (κ3) is 4.32. The van der Waals surface area contributed by atoms with Crippen LogP contribution in [0.1, 0.15) is 38.2 Å². The van der Waals surface area contributed by atoms with Gasteiger partial charge in [0.15, 0.2) is 0 Å². The Balaban J connectivity index is 2.04. The zero-order valence-electron chi connectivity index (χ0n) is 12.9. The summed E-state index contributed by atoms with van der Waals surface area (Å²) in [6.07, 6.45) is 4.32. The van der Waals surface area contributed by atoms with E-state index in [0.717, 1.165) is 19.3 Å². The minimum absolute atomic E-state index is 0.0261. The summed E-state index contributed by atoms with van der Waals surface area (Å²) in [6.45, 7) is 0.921. The Hall–Kier alpha value is -1.85. The van der Waals surface area contributed by atoms with Crippen molar-refractivity contribution in [2.75, 3.05) is 5.32 Å². The summed E-state index contributed by atoms with van der Waals surface area (Å²) in [5.74, 6) is 0.398. The molecule has 0 bridgehead atoms. The first-order valence-corrected chi connectivity index (χ1v) is 7.59. The van der Waals surface area contributed by atoms with E-state index in [0.29, 0.717) is 11.5 Å². The first kappa shape index (κ1) is 16.5. The van der Waals surface area contributed by atoms with Crippen LogP contribution in [0.3, 0.4) is 0 Å². The van der Waals surface area contributed by atoms with Crippen molar-refractivity contribution in [1.29, 1.82) is 0 Å². The topological polar surface area (TPSA) is 50.4 Å². The molecular weight excluding hydrogens is 290 g/mol. The first-order chi connectivity index (χ1) is 10.5.